The Kier molecular flexibility index (Phi) is 26.0. The molecule has 0 fully saturated rings. The molecule has 0 amide bonds. The minimum Gasteiger partial charge on any atom is -0.303 e. The van der Waals surface area contributed by atoms with Crippen LogP contribution < -0.4 is 0 Å². The fourth-order valence-corrected chi connectivity index (χ4v) is 4.75. The summed E-state index contributed by atoms with van der Waals surface area (Å²) in [5.74, 6) is -0.321. The molecule has 0 aromatic rings. The summed E-state index contributed by atoms with van der Waals surface area (Å²) in [7, 11) is 0. The Labute approximate surface area is 243 Å². The number of hydrogen-bond donors (Lipinski definition) is 0. The van der Waals surface area contributed by atoms with Crippen molar-refractivity contribution in [1.82, 2.24) is 0 Å². The molecule has 0 rings (SSSR count). The van der Waals surface area contributed by atoms with Crippen LogP contribution in [-0.4, -0.2) is 31.4 Å². The van der Waals surface area contributed by atoms with Crippen LogP contribution in [0.1, 0.15) is 110 Å². The number of unbranched alkanes of at least 4 members (excludes halogenated alkanes) is 4. The van der Waals surface area contributed by atoms with Gasteiger partial charge in [0.05, 0.1) is 0 Å². The molecule has 5 nitrogen and oxygen atoms in total. The first-order valence-electron chi connectivity index (χ1n) is 15.4. The molecule has 40 heavy (non-hydrogen) atoms. The van der Waals surface area contributed by atoms with Gasteiger partial charge in [0.25, 0.3) is 0 Å². The molecule has 0 radical (unpaired) electrons. The summed E-state index contributed by atoms with van der Waals surface area (Å²) in [6.07, 6.45) is 34.4. The van der Waals surface area contributed by atoms with Crippen LogP contribution in [-0.2, 0) is 24.0 Å². The summed E-state index contributed by atoms with van der Waals surface area (Å²) in [6, 6.07) is 0. The van der Waals surface area contributed by atoms with Crippen LogP contribution in [0.15, 0.2) is 48.6 Å². The first-order chi connectivity index (χ1) is 19.6. The lowest BCUT2D eigenvalue weighted by Gasteiger charge is -2.13. The molecule has 0 heterocycles. The second-order valence-corrected chi connectivity index (χ2v) is 11.0. The first-order valence-corrected chi connectivity index (χ1v) is 15.4. The van der Waals surface area contributed by atoms with E-state index in [1.54, 1.807) is 6.92 Å². The molecule has 0 aromatic heterocycles. The van der Waals surface area contributed by atoms with Crippen LogP contribution in [0.2, 0.25) is 0 Å². The molecule has 0 aliphatic rings. The molecular formula is C35H54O5. The fraction of sp³-hybridized carbons (Fsp3) is 0.629. The second-order valence-electron chi connectivity index (χ2n) is 11.0. The third-order valence-corrected chi connectivity index (χ3v) is 7.57. The lowest BCUT2D eigenvalue weighted by atomic mass is 9.90. The van der Waals surface area contributed by atoms with Crippen molar-refractivity contribution in [3.8, 4) is 0 Å². The highest BCUT2D eigenvalue weighted by molar-refractivity contribution is 5.64. The van der Waals surface area contributed by atoms with E-state index in [2.05, 4.69) is 18.2 Å². The van der Waals surface area contributed by atoms with Crippen molar-refractivity contribution in [1.29, 1.82) is 0 Å². The maximum Gasteiger partial charge on any atom is 0.123 e. The molecule has 5 atom stereocenters. The molecule has 5 unspecified atom stereocenters. The number of aldehydes is 5. The van der Waals surface area contributed by atoms with Crippen molar-refractivity contribution < 1.29 is 24.0 Å². The van der Waals surface area contributed by atoms with E-state index in [1.807, 2.05) is 37.3 Å². The summed E-state index contributed by atoms with van der Waals surface area (Å²) in [5.41, 5.74) is 0. The van der Waals surface area contributed by atoms with E-state index in [0.717, 1.165) is 121 Å². The largest absolute Gasteiger partial charge is 0.303 e. The van der Waals surface area contributed by atoms with Crippen LogP contribution in [0.25, 0.3) is 0 Å². The minimum absolute atomic E-state index is 0.0291. The Morgan fingerprint density at radius 2 is 1.07 bits per heavy atom. The van der Waals surface area contributed by atoms with E-state index in [9.17, 15) is 24.0 Å². The summed E-state index contributed by atoms with van der Waals surface area (Å²) < 4.78 is 0. The maximum atomic E-state index is 11.5. The van der Waals surface area contributed by atoms with Crippen LogP contribution >= 0.6 is 0 Å². The minimum atomic E-state index is -0.221. The molecule has 0 aliphatic heterocycles. The molecule has 0 saturated carbocycles. The molecule has 0 aromatic carbocycles. The van der Waals surface area contributed by atoms with E-state index in [1.165, 1.54) is 0 Å². The molecule has 0 bridgehead atoms. The van der Waals surface area contributed by atoms with Gasteiger partial charge in [-0.15, -0.1) is 0 Å². The Balaban J connectivity index is 4.05. The number of hydrogen-bond acceptors (Lipinski definition) is 5. The monoisotopic (exact) mass is 554 g/mol. The van der Waals surface area contributed by atoms with Gasteiger partial charge < -0.3 is 24.0 Å². The van der Waals surface area contributed by atoms with Crippen molar-refractivity contribution >= 4 is 31.4 Å². The van der Waals surface area contributed by atoms with Crippen LogP contribution in [0, 0.1) is 29.6 Å². The van der Waals surface area contributed by atoms with Crippen LogP contribution in [0.5, 0.6) is 0 Å². The summed E-state index contributed by atoms with van der Waals surface area (Å²) >= 11 is 0. The first kappa shape index (κ1) is 37.3. The van der Waals surface area contributed by atoms with E-state index < -0.39 is 0 Å². The molecule has 0 spiro atoms. The lowest BCUT2D eigenvalue weighted by molar-refractivity contribution is -0.119. The molecule has 0 aliphatic carbocycles. The van der Waals surface area contributed by atoms with Gasteiger partial charge in [0.15, 0.2) is 0 Å². The van der Waals surface area contributed by atoms with Crippen LogP contribution in [0.3, 0.4) is 0 Å². The highest BCUT2D eigenvalue weighted by Crippen LogP contribution is 2.21. The fourth-order valence-electron chi connectivity index (χ4n) is 4.75. The predicted molar refractivity (Wildman–Crippen MR) is 165 cm³/mol. The zero-order valence-electron chi connectivity index (χ0n) is 25.0. The van der Waals surface area contributed by atoms with Gasteiger partial charge in [0.1, 0.15) is 31.4 Å². The topological polar surface area (TPSA) is 85.3 Å². The second kappa shape index (κ2) is 27.9. The van der Waals surface area contributed by atoms with Gasteiger partial charge in [0.2, 0.25) is 0 Å². The molecule has 0 N–H and O–H groups in total. The number of rotatable bonds is 28. The number of carbonyl (C=O) groups excluding carboxylic acids is 5. The molecule has 0 saturated heterocycles. The van der Waals surface area contributed by atoms with Crippen molar-refractivity contribution in [2.75, 3.05) is 0 Å². The SMILES string of the molecule is CC=CC=CC=CCCCC(C=O)CCC=CCC(C=O)CCCC(C=O)CCCCCCC(C=O)C(C)C=O. The Bertz CT molecular complexity index is 779. The summed E-state index contributed by atoms with van der Waals surface area (Å²) in [4.78, 5) is 56.3. The Hall–Kier alpha value is -2.69. The van der Waals surface area contributed by atoms with Crippen LogP contribution in [0.4, 0.5) is 0 Å². The average Bonchev–Trinajstić information content (AvgIpc) is 2.98. The normalized spacial score (nSPS) is 15.8. The quantitative estimate of drug-likeness (QED) is 0.0421. The van der Waals surface area contributed by atoms with Gasteiger partial charge in [-0.2, -0.15) is 0 Å². The van der Waals surface area contributed by atoms with Crippen molar-refractivity contribution in [2.24, 2.45) is 29.6 Å². The number of carbonyl (C=O) groups is 5. The van der Waals surface area contributed by atoms with E-state index in [0.29, 0.717) is 6.42 Å². The number of allylic oxidation sites excluding steroid dienone is 8. The Morgan fingerprint density at radius 1 is 0.475 bits per heavy atom. The average molecular weight is 555 g/mol. The molecular weight excluding hydrogens is 500 g/mol. The third-order valence-electron chi connectivity index (χ3n) is 7.57. The third kappa shape index (κ3) is 21.2. The standard InChI is InChI=1S/C35H54O5/c1-3-4-5-6-7-8-9-13-19-32(27-37)21-15-12-16-22-34(29-39)24-18-23-33(28-38)20-14-10-11-17-25-35(30-40)31(2)26-36/h3-8,12,16,26-35H,9-11,13-15,17-25H2,1-2H3. The van der Waals surface area contributed by atoms with E-state index in [4.69, 9.17) is 0 Å². The van der Waals surface area contributed by atoms with E-state index in [-0.39, 0.29) is 29.6 Å². The zero-order chi connectivity index (χ0) is 29.7. The van der Waals surface area contributed by atoms with Crippen molar-refractivity contribution in [2.45, 2.75) is 110 Å². The maximum absolute atomic E-state index is 11.5. The van der Waals surface area contributed by atoms with Gasteiger partial charge in [-0.25, -0.2) is 0 Å². The van der Waals surface area contributed by atoms with Gasteiger partial charge in [-0.1, -0.05) is 87.6 Å². The Morgan fingerprint density at radius 3 is 1.73 bits per heavy atom. The smallest absolute Gasteiger partial charge is 0.123 e. The van der Waals surface area contributed by atoms with Gasteiger partial charge in [0, 0.05) is 29.6 Å². The van der Waals surface area contributed by atoms with Gasteiger partial charge in [-0.3, -0.25) is 0 Å². The zero-order valence-corrected chi connectivity index (χ0v) is 25.0. The molecule has 224 valence electrons. The van der Waals surface area contributed by atoms with Gasteiger partial charge >= 0.3 is 0 Å². The van der Waals surface area contributed by atoms with Crippen molar-refractivity contribution in [3.05, 3.63) is 48.6 Å². The summed E-state index contributed by atoms with van der Waals surface area (Å²) in [5, 5.41) is 0. The highest BCUT2D eigenvalue weighted by Gasteiger charge is 2.15. The summed E-state index contributed by atoms with van der Waals surface area (Å²) in [6.45, 7) is 3.77. The molecule has 5 heteroatoms. The highest BCUT2D eigenvalue weighted by atomic mass is 16.1. The lowest BCUT2D eigenvalue weighted by Crippen LogP contribution is -2.14. The van der Waals surface area contributed by atoms with E-state index >= 15 is 0 Å². The van der Waals surface area contributed by atoms with Gasteiger partial charge in [-0.05, 0) is 71.1 Å². The van der Waals surface area contributed by atoms with Crippen molar-refractivity contribution in [3.63, 3.8) is 0 Å². The predicted octanol–water partition coefficient (Wildman–Crippen LogP) is 8.18.